The molecule has 0 unspecified atom stereocenters. The van der Waals surface area contributed by atoms with Crippen molar-refractivity contribution in [3.63, 3.8) is 0 Å². The van der Waals surface area contributed by atoms with Crippen LogP contribution in [0.2, 0.25) is 0 Å². The van der Waals surface area contributed by atoms with Crippen LogP contribution in [0.4, 0.5) is 0 Å². The third-order valence-corrected chi connectivity index (χ3v) is 2.93. The predicted molar refractivity (Wildman–Crippen MR) is 89.9 cm³/mol. The van der Waals surface area contributed by atoms with Gasteiger partial charge in [0.05, 0.1) is 0 Å². The molecule has 1 aromatic carbocycles. The molecule has 0 fully saturated rings. The van der Waals surface area contributed by atoms with E-state index in [2.05, 4.69) is 16.8 Å². The molecule has 27 heavy (non-hydrogen) atoms. The Morgan fingerprint density at radius 1 is 0.852 bits per heavy atom. The molecule has 0 saturated carbocycles. The summed E-state index contributed by atoms with van der Waals surface area (Å²) in [5, 5.41) is 26.3. The van der Waals surface area contributed by atoms with Crippen molar-refractivity contribution in [1.82, 2.24) is 4.98 Å². The van der Waals surface area contributed by atoms with Gasteiger partial charge in [-0.2, -0.15) is 0 Å². The molecule has 0 spiro atoms. The summed E-state index contributed by atoms with van der Waals surface area (Å²) in [6.07, 6.45) is 1.31. The van der Waals surface area contributed by atoms with E-state index >= 15 is 0 Å². The second-order valence-corrected chi connectivity index (χ2v) is 5.04. The van der Waals surface area contributed by atoms with Crippen molar-refractivity contribution in [3.05, 3.63) is 53.3 Å². The Morgan fingerprint density at radius 3 is 1.93 bits per heavy atom. The first kappa shape index (κ1) is 19.3. The molecule has 0 atom stereocenters. The van der Waals surface area contributed by atoms with Crippen molar-refractivity contribution in [2.45, 2.75) is 0 Å². The molecular formula is C18H13NO8. The van der Waals surface area contributed by atoms with Crippen molar-refractivity contribution in [2.24, 2.45) is 0 Å². The SMILES string of the molecule is O=C(O)COc1cc(C#Cc2ccnc(C(=O)O)c2)cc(OCC(=O)O)c1. The summed E-state index contributed by atoms with van der Waals surface area (Å²) in [4.78, 5) is 35.9. The topological polar surface area (TPSA) is 143 Å². The molecule has 9 heteroatoms. The zero-order valence-electron chi connectivity index (χ0n) is 13.7. The van der Waals surface area contributed by atoms with Gasteiger partial charge in [-0.3, -0.25) is 0 Å². The zero-order valence-corrected chi connectivity index (χ0v) is 13.7. The normalized spacial score (nSPS) is 9.63. The zero-order chi connectivity index (χ0) is 19.8. The summed E-state index contributed by atoms with van der Waals surface area (Å²) in [5.74, 6) is 2.21. The second kappa shape index (κ2) is 8.87. The molecule has 0 radical (unpaired) electrons. The quantitative estimate of drug-likeness (QED) is 0.610. The first-order valence-corrected chi connectivity index (χ1v) is 7.39. The number of hydrogen-bond donors (Lipinski definition) is 3. The van der Waals surface area contributed by atoms with E-state index in [4.69, 9.17) is 24.8 Å². The second-order valence-electron chi connectivity index (χ2n) is 5.04. The van der Waals surface area contributed by atoms with Crippen LogP contribution < -0.4 is 9.47 Å². The van der Waals surface area contributed by atoms with Gasteiger partial charge in [-0.05, 0) is 24.3 Å². The molecule has 0 aliphatic heterocycles. The molecule has 138 valence electrons. The first-order valence-electron chi connectivity index (χ1n) is 7.39. The van der Waals surface area contributed by atoms with Crippen molar-refractivity contribution >= 4 is 17.9 Å². The van der Waals surface area contributed by atoms with Crippen LogP contribution in [0.1, 0.15) is 21.6 Å². The van der Waals surface area contributed by atoms with Crippen LogP contribution in [-0.4, -0.2) is 51.4 Å². The number of carboxylic acid groups (broad SMARTS) is 3. The van der Waals surface area contributed by atoms with E-state index in [0.29, 0.717) is 11.1 Å². The Kier molecular flexibility index (Phi) is 6.33. The van der Waals surface area contributed by atoms with Crippen molar-refractivity contribution in [1.29, 1.82) is 0 Å². The minimum Gasteiger partial charge on any atom is -0.482 e. The third-order valence-electron chi connectivity index (χ3n) is 2.93. The van der Waals surface area contributed by atoms with E-state index in [0.717, 1.165) is 0 Å². The summed E-state index contributed by atoms with van der Waals surface area (Å²) in [7, 11) is 0. The van der Waals surface area contributed by atoms with Gasteiger partial charge in [0.2, 0.25) is 0 Å². The van der Waals surface area contributed by atoms with Gasteiger partial charge in [-0.1, -0.05) is 11.8 Å². The summed E-state index contributed by atoms with van der Waals surface area (Å²) in [5.41, 5.74) is 0.588. The van der Waals surface area contributed by atoms with Gasteiger partial charge in [0.1, 0.15) is 17.2 Å². The highest BCUT2D eigenvalue weighted by Gasteiger charge is 2.07. The van der Waals surface area contributed by atoms with Gasteiger partial charge in [0.15, 0.2) is 13.2 Å². The van der Waals surface area contributed by atoms with Gasteiger partial charge in [-0.25, -0.2) is 19.4 Å². The van der Waals surface area contributed by atoms with E-state index in [1.807, 2.05) is 0 Å². The van der Waals surface area contributed by atoms with Gasteiger partial charge in [-0.15, -0.1) is 0 Å². The Balaban J connectivity index is 2.31. The fourth-order valence-corrected chi connectivity index (χ4v) is 1.87. The van der Waals surface area contributed by atoms with E-state index in [1.165, 1.54) is 36.5 Å². The van der Waals surface area contributed by atoms with Crippen LogP contribution in [0.5, 0.6) is 11.5 Å². The summed E-state index contributed by atoms with van der Waals surface area (Å²) in [6, 6.07) is 7.05. The molecule has 0 saturated heterocycles. The number of hydrogen-bond acceptors (Lipinski definition) is 6. The minimum atomic E-state index is -1.19. The molecule has 0 amide bonds. The minimum absolute atomic E-state index is 0.130. The lowest BCUT2D eigenvalue weighted by Crippen LogP contribution is -2.11. The molecule has 0 aliphatic carbocycles. The van der Waals surface area contributed by atoms with Crippen molar-refractivity contribution in [2.75, 3.05) is 13.2 Å². The maximum atomic E-state index is 10.9. The Morgan fingerprint density at radius 2 is 1.41 bits per heavy atom. The average molecular weight is 371 g/mol. The van der Waals surface area contributed by atoms with E-state index in [-0.39, 0.29) is 17.2 Å². The van der Waals surface area contributed by atoms with Crippen LogP contribution in [0, 0.1) is 11.8 Å². The van der Waals surface area contributed by atoms with Crippen LogP contribution in [-0.2, 0) is 9.59 Å². The number of carboxylic acids is 3. The summed E-state index contributed by atoms with van der Waals surface area (Å²) >= 11 is 0. The highest BCUT2D eigenvalue weighted by Crippen LogP contribution is 2.23. The molecule has 2 rings (SSSR count). The monoisotopic (exact) mass is 371 g/mol. The third kappa shape index (κ3) is 6.39. The smallest absolute Gasteiger partial charge is 0.354 e. The Bertz CT molecular complexity index is 906. The lowest BCUT2D eigenvalue weighted by molar-refractivity contribution is -0.140. The Hall–Kier alpha value is -4.06. The lowest BCUT2D eigenvalue weighted by atomic mass is 10.1. The molecule has 0 aliphatic rings. The first-order chi connectivity index (χ1) is 12.8. The Labute approximate surface area is 152 Å². The highest BCUT2D eigenvalue weighted by molar-refractivity contribution is 5.85. The van der Waals surface area contributed by atoms with Crippen molar-refractivity contribution < 1.29 is 39.2 Å². The van der Waals surface area contributed by atoms with Crippen LogP contribution in [0.15, 0.2) is 36.5 Å². The molecular weight excluding hydrogens is 358 g/mol. The van der Waals surface area contributed by atoms with Gasteiger partial charge in [0.25, 0.3) is 0 Å². The number of aromatic carboxylic acids is 1. The maximum absolute atomic E-state index is 10.9. The number of ether oxygens (including phenoxy) is 2. The molecule has 3 N–H and O–H groups in total. The molecule has 1 heterocycles. The van der Waals surface area contributed by atoms with Crippen LogP contribution in [0.3, 0.4) is 0 Å². The van der Waals surface area contributed by atoms with Gasteiger partial charge >= 0.3 is 17.9 Å². The van der Waals surface area contributed by atoms with E-state index < -0.39 is 31.1 Å². The number of pyridine rings is 1. The number of aromatic nitrogens is 1. The predicted octanol–water partition coefficient (Wildman–Crippen LogP) is 1.11. The number of benzene rings is 1. The van der Waals surface area contributed by atoms with Gasteiger partial charge in [0, 0.05) is 23.4 Å². The summed E-state index contributed by atoms with van der Waals surface area (Å²) in [6.45, 7) is -1.19. The van der Waals surface area contributed by atoms with Crippen molar-refractivity contribution in [3.8, 4) is 23.3 Å². The van der Waals surface area contributed by atoms with E-state index in [9.17, 15) is 14.4 Å². The number of nitrogens with zero attached hydrogens (tertiary/aromatic N) is 1. The fraction of sp³-hybridized carbons (Fsp3) is 0.111. The standard InChI is InChI=1S/C18H13NO8/c20-16(21)9-26-13-5-12(6-14(8-13)27-10-17(22)23)2-1-11-3-4-19-15(7-11)18(24)25/h3-8H,9-10H2,(H,20,21)(H,22,23)(H,24,25). The molecule has 0 bridgehead atoms. The fourth-order valence-electron chi connectivity index (χ4n) is 1.87. The van der Waals surface area contributed by atoms with Gasteiger partial charge < -0.3 is 24.8 Å². The number of aliphatic carboxylic acids is 2. The largest absolute Gasteiger partial charge is 0.482 e. The lowest BCUT2D eigenvalue weighted by Gasteiger charge is -2.08. The summed E-state index contributed by atoms with van der Waals surface area (Å²) < 4.78 is 10.2. The molecule has 1 aromatic heterocycles. The molecule has 9 nitrogen and oxygen atoms in total. The average Bonchev–Trinajstić information content (AvgIpc) is 2.63. The van der Waals surface area contributed by atoms with E-state index in [1.54, 1.807) is 0 Å². The van der Waals surface area contributed by atoms with Crippen LogP contribution in [0.25, 0.3) is 0 Å². The number of rotatable bonds is 7. The molecule has 2 aromatic rings. The highest BCUT2D eigenvalue weighted by atomic mass is 16.5. The van der Waals surface area contributed by atoms with Crippen LogP contribution >= 0.6 is 0 Å². The number of carbonyl (C=O) groups is 3. The maximum Gasteiger partial charge on any atom is 0.354 e.